The van der Waals surface area contributed by atoms with Crippen LogP contribution in [0.2, 0.25) is 0 Å². The van der Waals surface area contributed by atoms with Gasteiger partial charge in [0.1, 0.15) is 24.4 Å². The molecule has 8 heteroatoms. The molecule has 3 saturated heterocycles. The van der Waals surface area contributed by atoms with Gasteiger partial charge < -0.3 is 33.5 Å². The van der Waals surface area contributed by atoms with E-state index in [-0.39, 0.29) is 30.8 Å². The summed E-state index contributed by atoms with van der Waals surface area (Å²) >= 11 is 0. The maximum atomic E-state index is 10.6. The van der Waals surface area contributed by atoms with Gasteiger partial charge in [0.05, 0.1) is 6.61 Å². The lowest BCUT2D eigenvalue weighted by Gasteiger charge is -2.29. The third-order valence-corrected chi connectivity index (χ3v) is 4.77. The number of unbranched alkanes of at least 4 members (excludes halogenated alkanes) is 2. The SMILES string of the molecule is CC1(C)OCC(C2OC3OC(C)(C)OC3C2OCCCCCC(=O)O)O1. The first-order valence-electron chi connectivity index (χ1n) is 9.33. The van der Waals surface area contributed by atoms with Gasteiger partial charge in [0.25, 0.3) is 0 Å². The van der Waals surface area contributed by atoms with Crippen molar-refractivity contribution < 1.29 is 38.3 Å². The lowest BCUT2D eigenvalue weighted by molar-refractivity contribution is -0.236. The van der Waals surface area contributed by atoms with Crippen LogP contribution in [0.1, 0.15) is 53.4 Å². The van der Waals surface area contributed by atoms with Gasteiger partial charge in [0.2, 0.25) is 0 Å². The molecule has 5 unspecified atom stereocenters. The molecule has 0 amide bonds. The van der Waals surface area contributed by atoms with Gasteiger partial charge >= 0.3 is 5.97 Å². The van der Waals surface area contributed by atoms with Crippen molar-refractivity contribution in [3.63, 3.8) is 0 Å². The van der Waals surface area contributed by atoms with Crippen molar-refractivity contribution in [2.24, 2.45) is 0 Å². The molecule has 26 heavy (non-hydrogen) atoms. The highest BCUT2D eigenvalue weighted by molar-refractivity contribution is 5.66. The molecule has 0 spiro atoms. The average molecular weight is 374 g/mol. The number of hydrogen-bond acceptors (Lipinski definition) is 7. The van der Waals surface area contributed by atoms with Crippen molar-refractivity contribution in [3.8, 4) is 0 Å². The van der Waals surface area contributed by atoms with Crippen LogP contribution in [-0.4, -0.2) is 66.6 Å². The number of ether oxygens (including phenoxy) is 6. The van der Waals surface area contributed by atoms with E-state index in [1.807, 2.05) is 27.7 Å². The summed E-state index contributed by atoms with van der Waals surface area (Å²) in [6.45, 7) is 8.39. The molecule has 0 aliphatic carbocycles. The first-order valence-corrected chi connectivity index (χ1v) is 9.33. The van der Waals surface area contributed by atoms with E-state index in [2.05, 4.69) is 0 Å². The smallest absolute Gasteiger partial charge is 0.303 e. The van der Waals surface area contributed by atoms with Crippen LogP contribution in [0.25, 0.3) is 0 Å². The molecule has 1 N–H and O–H groups in total. The summed E-state index contributed by atoms with van der Waals surface area (Å²) in [5, 5.41) is 8.69. The fourth-order valence-electron chi connectivity index (χ4n) is 3.64. The van der Waals surface area contributed by atoms with Crippen LogP contribution in [-0.2, 0) is 33.2 Å². The molecule has 0 aromatic carbocycles. The molecule has 0 aromatic heterocycles. The van der Waals surface area contributed by atoms with Crippen molar-refractivity contribution in [1.29, 1.82) is 0 Å². The van der Waals surface area contributed by atoms with Gasteiger partial charge in [-0.25, -0.2) is 0 Å². The lowest BCUT2D eigenvalue weighted by atomic mass is 10.1. The van der Waals surface area contributed by atoms with Gasteiger partial charge in [0, 0.05) is 13.0 Å². The standard InChI is InChI=1S/C18H30O8/c1-17(2)22-10-11(24-17)13-14(21-9-7-5-6-8-12(19)20)15-16(23-13)26-18(3,4)25-15/h11,13-16H,5-10H2,1-4H3,(H,19,20). The van der Waals surface area contributed by atoms with Crippen LogP contribution < -0.4 is 0 Å². The van der Waals surface area contributed by atoms with Crippen molar-refractivity contribution in [3.05, 3.63) is 0 Å². The second-order valence-corrected chi connectivity index (χ2v) is 7.98. The van der Waals surface area contributed by atoms with E-state index in [4.69, 9.17) is 33.5 Å². The molecule has 5 atom stereocenters. The zero-order valence-electron chi connectivity index (χ0n) is 15.9. The molecule has 3 heterocycles. The summed E-state index contributed by atoms with van der Waals surface area (Å²) in [6, 6.07) is 0. The number of hydrogen-bond donors (Lipinski definition) is 1. The molecule has 3 aliphatic rings. The van der Waals surface area contributed by atoms with Gasteiger partial charge in [-0.05, 0) is 40.5 Å². The fourth-order valence-corrected chi connectivity index (χ4v) is 3.64. The fraction of sp³-hybridized carbons (Fsp3) is 0.944. The molecule has 0 saturated carbocycles. The molecule has 3 rings (SSSR count). The van der Waals surface area contributed by atoms with Gasteiger partial charge in [-0.1, -0.05) is 6.42 Å². The van der Waals surface area contributed by atoms with E-state index in [0.717, 1.165) is 12.8 Å². The van der Waals surface area contributed by atoms with Crippen LogP contribution in [0.3, 0.4) is 0 Å². The zero-order chi connectivity index (χ0) is 18.9. The van der Waals surface area contributed by atoms with Crippen molar-refractivity contribution in [2.45, 2.75) is 95.7 Å². The third kappa shape index (κ3) is 4.74. The monoisotopic (exact) mass is 374 g/mol. The van der Waals surface area contributed by atoms with Crippen LogP contribution in [0, 0.1) is 0 Å². The van der Waals surface area contributed by atoms with Crippen LogP contribution >= 0.6 is 0 Å². The molecule has 0 radical (unpaired) electrons. The highest BCUT2D eigenvalue weighted by Gasteiger charge is 2.58. The molecule has 0 bridgehead atoms. The molecular formula is C18H30O8. The average Bonchev–Trinajstić information content (AvgIpc) is 3.12. The number of carboxylic acid groups (broad SMARTS) is 1. The Bertz CT molecular complexity index is 505. The highest BCUT2D eigenvalue weighted by atomic mass is 16.8. The Labute approximate surface area is 154 Å². The van der Waals surface area contributed by atoms with Gasteiger partial charge in [0.15, 0.2) is 17.9 Å². The van der Waals surface area contributed by atoms with Gasteiger partial charge in [-0.2, -0.15) is 0 Å². The van der Waals surface area contributed by atoms with Crippen LogP contribution in [0.4, 0.5) is 0 Å². The lowest BCUT2D eigenvalue weighted by Crippen LogP contribution is -2.44. The summed E-state index contributed by atoms with van der Waals surface area (Å²) in [4.78, 5) is 10.6. The van der Waals surface area contributed by atoms with Crippen molar-refractivity contribution in [1.82, 2.24) is 0 Å². The summed E-state index contributed by atoms with van der Waals surface area (Å²) in [5.74, 6) is -2.12. The highest BCUT2D eigenvalue weighted by Crippen LogP contribution is 2.41. The number of rotatable bonds is 8. The van der Waals surface area contributed by atoms with E-state index in [1.165, 1.54) is 0 Å². The van der Waals surface area contributed by atoms with Crippen LogP contribution in [0.5, 0.6) is 0 Å². The molecule has 3 fully saturated rings. The second kappa shape index (κ2) is 7.69. The maximum Gasteiger partial charge on any atom is 0.303 e. The zero-order valence-corrected chi connectivity index (χ0v) is 15.9. The van der Waals surface area contributed by atoms with Crippen molar-refractivity contribution >= 4 is 5.97 Å². The minimum atomic E-state index is -0.766. The van der Waals surface area contributed by atoms with E-state index in [1.54, 1.807) is 0 Å². The quantitative estimate of drug-likeness (QED) is 0.645. The molecule has 0 aromatic rings. The predicted molar refractivity (Wildman–Crippen MR) is 89.4 cm³/mol. The molecule has 8 nitrogen and oxygen atoms in total. The van der Waals surface area contributed by atoms with Crippen molar-refractivity contribution in [2.75, 3.05) is 13.2 Å². The Kier molecular flexibility index (Phi) is 5.91. The summed E-state index contributed by atoms with van der Waals surface area (Å²) in [5.41, 5.74) is 0. The number of fused-ring (bicyclic) bond motifs is 1. The largest absolute Gasteiger partial charge is 0.481 e. The Hall–Kier alpha value is -0.770. The summed E-state index contributed by atoms with van der Waals surface area (Å²) in [6.07, 6.45) is 0.723. The number of carbonyl (C=O) groups is 1. The summed E-state index contributed by atoms with van der Waals surface area (Å²) in [7, 11) is 0. The van der Waals surface area contributed by atoms with E-state index in [0.29, 0.717) is 19.6 Å². The van der Waals surface area contributed by atoms with Crippen LogP contribution in [0.15, 0.2) is 0 Å². The first kappa shape index (κ1) is 20.0. The second-order valence-electron chi connectivity index (χ2n) is 7.98. The minimum Gasteiger partial charge on any atom is -0.481 e. The Balaban J connectivity index is 1.55. The van der Waals surface area contributed by atoms with Gasteiger partial charge in [-0.15, -0.1) is 0 Å². The van der Waals surface area contributed by atoms with Gasteiger partial charge in [-0.3, -0.25) is 4.79 Å². The Morgan fingerprint density at radius 1 is 1.04 bits per heavy atom. The first-order chi connectivity index (χ1) is 12.2. The topological polar surface area (TPSA) is 92.7 Å². The molecule has 3 aliphatic heterocycles. The number of aliphatic carboxylic acids is 1. The molecular weight excluding hydrogens is 344 g/mol. The maximum absolute atomic E-state index is 10.6. The predicted octanol–water partition coefficient (Wildman–Crippen LogP) is 2.04. The Morgan fingerprint density at radius 2 is 1.81 bits per heavy atom. The Morgan fingerprint density at radius 3 is 2.46 bits per heavy atom. The number of carboxylic acids is 1. The van der Waals surface area contributed by atoms with E-state index in [9.17, 15) is 4.79 Å². The normalized spacial score (nSPS) is 37.8. The van der Waals surface area contributed by atoms with E-state index >= 15 is 0 Å². The minimum absolute atomic E-state index is 0.188. The van der Waals surface area contributed by atoms with E-state index < -0.39 is 23.8 Å². The summed E-state index contributed by atoms with van der Waals surface area (Å²) < 4.78 is 35.6. The third-order valence-electron chi connectivity index (χ3n) is 4.77. The molecule has 150 valence electrons.